The molecule has 0 saturated heterocycles. The molecule has 0 saturated carbocycles. The van der Waals surface area contributed by atoms with E-state index in [4.69, 9.17) is 20.7 Å². The summed E-state index contributed by atoms with van der Waals surface area (Å²) in [6.07, 6.45) is 1.33. The van der Waals surface area contributed by atoms with Crippen LogP contribution in [0.4, 0.5) is 5.69 Å². The Balaban J connectivity index is 2.32. The van der Waals surface area contributed by atoms with Gasteiger partial charge < -0.3 is 10.2 Å². The van der Waals surface area contributed by atoms with E-state index >= 15 is 0 Å². The van der Waals surface area contributed by atoms with Crippen molar-refractivity contribution in [3.8, 4) is 17.8 Å². The lowest BCUT2D eigenvalue weighted by Crippen LogP contribution is -2.01. The molecular weight excluding hydrogens is 260 g/mol. The minimum atomic E-state index is -0.597. The molecule has 0 aliphatic carbocycles. The smallest absolute Gasteiger partial charge is 0.408 e. The number of fused-ring (bicyclic) bond motifs is 1. The molecule has 8 heteroatoms. The Morgan fingerprint density at radius 1 is 1.35 bits per heavy atom. The van der Waals surface area contributed by atoms with E-state index in [1.807, 2.05) is 12.1 Å². The zero-order chi connectivity index (χ0) is 14.3. The predicted molar refractivity (Wildman–Crippen MR) is 67.8 cm³/mol. The lowest BCUT2D eigenvalue weighted by atomic mass is 10.2. The molecule has 0 bridgehead atoms. The third kappa shape index (κ3) is 1.53. The van der Waals surface area contributed by atoms with Crippen molar-refractivity contribution in [2.45, 2.75) is 0 Å². The number of oxazole rings is 1. The van der Waals surface area contributed by atoms with E-state index in [-0.39, 0.29) is 11.4 Å². The summed E-state index contributed by atoms with van der Waals surface area (Å²) in [4.78, 5) is 17.5. The van der Waals surface area contributed by atoms with Crippen LogP contribution in [0.25, 0.3) is 16.8 Å². The third-order valence-electron chi connectivity index (χ3n) is 2.81. The standard InChI is InChI=1S/C12H6N6O2/c13-3-8-10(4-14)18(5-16-8)9-2-7-11(1-6(9)15)20-12(19)17-7/h1-2,5H,15H2,(H,17,19). The van der Waals surface area contributed by atoms with E-state index in [2.05, 4.69) is 9.97 Å². The van der Waals surface area contributed by atoms with E-state index < -0.39 is 5.76 Å². The lowest BCUT2D eigenvalue weighted by Gasteiger charge is -2.07. The summed E-state index contributed by atoms with van der Waals surface area (Å²) in [5, 5.41) is 18.0. The van der Waals surface area contributed by atoms with Crippen LogP contribution in [0, 0.1) is 22.7 Å². The Morgan fingerprint density at radius 2 is 2.15 bits per heavy atom. The van der Waals surface area contributed by atoms with Crippen molar-refractivity contribution in [2.24, 2.45) is 0 Å². The molecule has 3 N–H and O–H groups in total. The van der Waals surface area contributed by atoms with Crippen LogP contribution in [-0.2, 0) is 0 Å². The Kier molecular flexibility index (Phi) is 2.31. The number of nitrogens with zero attached hydrogens (tertiary/aromatic N) is 4. The number of nitrogen functional groups attached to an aromatic ring is 1. The number of aromatic nitrogens is 3. The molecule has 0 aliphatic heterocycles. The van der Waals surface area contributed by atoms with Crippen molar-refractivity contribution in [1.82, 2.24) is 14.5 Å². The molecule has 20 heavy (non-hydrogen) atoms. The molecule has 96 valence electrons. The van der Waals surface area contributed by atoms with E-state index in [1.54, 1.807) is 6.07 Å². The molecule has 0 aliphatic rings. The number of imidazole rings is 1. The Labute approximate surface area is 111 Å². The SMILES string of the molecule is N#Cc1ncn(-c2cc3[nH]c(=O)oc3cc2N)c1C#N. The van der Waals surface area contributed by atoms with Gasteiger partial charge in [-0.15, -0.1) is 0 Å². The van der Waals surface area contributed by atoms with Gasteiger partial charge in [-0.25, -0.2) is 9.78 Å². The summed E-state index contributed by atoms with van der Waals surface area (Å²) in [5.74, 6) is -0.597. The van der Waals surface area contributed by atoms with Crippen molar-refractivity contribution >= 4 is 16.8 Å². The van der Waals surface area contributed by atoms with Crippen LogP contribution in [0.5, 0.6) is 0 Å². The highest BCUT2D eigenvalue weighted by molar-refractivity contribution is 5.82. The van der Waals surface area contributed by atoms with Crippen LogP contribution in [0.3, 0.4) is 0 Å². The van der Waals surface area contributed by atoms with Crippen molar-refractivity contribution in [1.29, 1.82) is 10.5 Å². The minimum Gasteiger partial charge on any atom is -0.408 e. The lowest BCUT2D eigenvalue weighted by molar-refractivity contribution is 0.555. The molecule has 3 rings (SSSR count). The van der Waals surface area contributed by atoms with Gasteiger partial charge in [-0.1, -0.05) is 0 Å². The normalized spacial score (nSPS) is 10.3. The number of hydrogen-bond donors (Lipinski definition) is 2. The second-order valence-electron chi connectivity index (χ2n) is 3.96. The summed E-state index contributed by atoms with van der Waals surface area (Å²) in [6.45, 7) is 0. The average molecular weight is 266 g/mol. The highest BCUT2D eigenvalue weighted by atomic mass is 16.4. The molecule has 0 amide bonds. The predicted octanol–water partition coefficient (Wildman–Crippen LogP) is 0.632. The molecule has 1 aromatic carbocycles. The van der Waals surface area contributed by atoms with Crippen molar-refractivity contribution in [3.63, 3.8) is 0 Å². The quantitative estimate of drug-likeness (QED) is 0.619. The first-order valence-corrected chi connectivity index (χ1v) is 5.44. The van der Waals surface area contributed by atoms with E-state index in [0.717, 1.165) is 0 Å². The van der Waals surface area contributed by atoms with Crippen LogP contribution in [0.2, 0.25) is 0 Å². The maximum absolute atomic E-state index is 11.1. The summed E-state index contributed by atoms with van der Waals surface area (Å²) < 4.78 is 6.28. The largest absolute Gasteiger partial charge is 0.417 e. The van der Waals surface area contributed by atoms with Crippen molar-refractivity contribution < 1.29 is 4.42 Å². The first kappa shape index (κ1) is 11.6. The van der Waals surface area contributed by atoms with Gasteiger partial charge >= 0.3 is 5.76 Å². The van der Waals surface area contributed by atoms with Gasteiger partial charge in [-0.2, -0.15) is 10.5 Å². The van der Waals surface area contributed by atoms with Crippen LogP contribution in [-0.4, -0.2) is 14.5 Å². The van der Waals surface area contributed by atoms with Crippen LogP contribution < -0.4 is 11.5 Å². The maximum atomic E-state index is 11.1. The van der Waals surface area contributed by atoms with Crippen LogP contribution in [0.15, 0.2) is 27.7 Å². The second kappa shape index (κ2) is 4.00. The van der Waals surface area contributed by atoms with Crippen molar-refractivity contribution in [3.05, 3.63) is 40.4 Å². The average Bonchev–Trinajstić information content (AvgIpc) is 2.98. The summed E-state index contributed by atoms with van der Waals surface area (Å²) in [6, 6.07) is 6.75. The summed E-state index contributed by atoms with van der Waals surface area (Å²) in [5.41, 5.74) is 7.44. The highest BCUT2D eigenvalue weighted by Crippen LogP contribution is 2.25. The van der Waals surface area contributed by atoms with Gasteiger partial charge in [0.15, 0.2) is 17.0 Å². The van der Waals surface area contributed by atoms with E-state index in [9.17, 15) is 4.79 Å². The van der Waals surface area contributed by atoms with Gasteiger partial charge in [0.05, 0.1) is 16.9 Å². The number of anilines is 1. The number of aromatic amines is 1. The molecule has 8 nitrogen and oxygen atoms in total. The molecule has 0 radical (unpaired) electrons. The monoisotopic (exact) mass is 266 g/mol. The summed E-state index contributed by atoms with van der Waals surface area (Å²) >= 11 is 0. The summed E-state index contributed by atoms with van der Waals surface area (Å²) in [7, 11) is 0. The number of nitrogens with two attached hydrogens (primary N) is 1. The molecule has 2 aromatic heterocycles. The Hall–Kier alpha value is -3.52. The second-order valence-corrected chi connectivity index (χ2v) is 3.96. The van der Waals surface area contributed by atoms with Crippen LogP contribution in [0.1, 0.15) is 11.4 Å². The molecule has 0 fully saturated rings. The van der Waals surface area contributed by atoms with Gasteiger partial charge in [0, 0.05) is 6.07 Å². The fraction of sp³-hybridized carbons (Fsp3) is 0. The Morgan fingerprint density at radius 3 is 2.85 bits per heavy atom. The molecule has 0 atom stereocenters. The molecule has 0 spiro atoms. The first-order valence-electron chi connectivity index (χ1n) is 5.44. The highest BCUT2D eigenvalue weighted by Gasteiger charge is 2.15. The van der Waals surface area contributed by atoms with Gasteiger partial charge in [0.1, 0.15) is 18.5 Å². The maximum Gasteiger partial charge on any atom is 0.417 e. The third-order valence-corrected chi connectivity index (χ3v) is 2.81. The number of nitrogens with one attached hydrogen (secondary N) is 1. The molecule has 0 unspecified atom stereocenters. The van der Waals surface area contributed by atoms with Gasteiger partial charge in [0.25, 0.3) is 0 Å². The number of hydrogen-bond acceptors (Lipinski definition) is 6. The molecule has 3 aromatic rings. The molecule has 2 heterocycles. The number of rotatable bonds is 1. The van der Waals surface area contributed by atoms with Crippen molar-refractivity contribution in [2.75, 3.05) is 5.73 Å². The number of nitriles is 2. The first-order chi connectivity index (χ1) is 9.63. The zero-order valence-corrected chi connectivity index (χ0v) is 9.91. The van der Waals surface area contributed by atoms with E-state index in [0.29, 0.717) is 22.5 Å². The zero-order valence-electron chi connectivity index (χ0n) is 9.91. The van der Waals surface area contributed by atoms with E-state index in [1.165, 1.54) is 17.0 Å². The fourth-order valence-electron chi connectivity index (χ4n) is 1.93. The van der Waals surface area contributed by atoms with Crippen LogP contribution >= 0.6 is 0 Å². The number of benzene rings is 1. The van der Waals surface area contributed by atoms with Gasteiger partial charge in [-0.05, 0) is 6.07 Å². The fourth-order valence-corrected chi connectivity index (χ4v) is 1.93. The molecular formula is C12H6N6O2. The Bertz CT molecular complexity index is 963. The topological polar surface area (TPSA) is 137 Å². The number of H-pyrrole nitrogens is 1. The van der Waals surface area contributed by atoms with Gasteiger partial charge in [-0.3, -0.25) is 9.55 Å². The van der Waals surface area contributed by atoms with Gasteiger partial charge in [0.2, 0.25) is 0 Å². The minimum absolute atomic E-state index is 0.00711.